The van der Waals surface area contributed by atoms with Crippen molar-refractivity contribution in [3.8, 4) is 0 Å². The van der Waals surface area contributed by atoms with E-state index in [1.165, 1.54) is 116 Å². The molecule has 3 atom stereocenters. The standard InChI is InChI=1S/C42H79O10P/c1-3-5-7-9-11-13-15-17-19-21-23-25-27-29-31-33-41(45)49-37-40(38-51-53(47,48)50-36-39(44)35-43)52-42(46)34-32-30-28-26-24-22-20-18-16-14-12-10-8-6-4-2/h9-12,39-40,43-44H,3-8,13-38H2,1-2H3,(H,47,48)/b11-9+,12-10+/t39-,40+/m0/s1. The van der Waals surface area contributed by atoms with Gasteiger partial charge in [0.15, 0.2) is 6.10 Å². The maximum atomic E-state index is 12.6. The highest BCUT2D eigenvalue weighted by molar-refractivity contribution is 7.47. The van der Waals surface area contributed by atoms with Gasteiger partial charge in [-0.15, -0.1) is 0 Å². The number of allylic oxidation sites excluding steroid dienone is 4. The predicted octanol–water partition coefficient (Wildman–Crippen LogP) is 11.0. The Bertz CT molecular complexity index is 941. The van der Waals surface area contributed by atoms with Gasteiger partial charge in [-0.2, -0.15) is 0 Å². The van der Waals surface area contributed by atoms with E-state index in [-0.39, 0.29) is 19.4 Å². The van der Waals surface area contributed by atoms with Gasteiger partial charge in [0.2, 0.25) is 0 Å². The van der Waals surface area contributed by atoms with Crippen LogP contribution in [0.2, 0.25) is 0 Å². The lowest BCUT2D eigenvalue weighted by Gasteiger charge is -2.20. The Kier molecular flexibility index (Phi) is 37.6. The molecule has 312 valence electrons. The normalized spacial score (nSPS) is 14.1. The first-order chi connectivity index (χ1) is 25.7. The summed E-state index contributed by atoms with van der Waals surface area (Å²) in [6.45, 7) is 2.33. The minimum atomic E-state index is -4.61. The van der Waals surface area contributed by atoms with Gasteiger partial charge in [0.1, 0.15) is 12.7 Å². The van der Waals surface area contributed by atoms with E-state index in [1.807, 2.05) is 0 Å². The molecule has 0 aromatic carbocycles. The molecule has 0 aliphatic carbocycles. The van der Waals surface area contributed by atoms with Crippen LogP contribution < -0.4 is 0 Å². The maximum Gasteiger partial charge on any atom is 0.472 e. The molecule has 0 aliphatic heterocycles. The van der Waals surface area contributed by atoms with E-state index in [0.717, 1.165) is 38.5 Å². The number of hydrogen-bond acceptors (Lipinski definition) is 9. The van der Waals surface area contributed by atoms with Crippen molar-refractivity contribution in [3.63, 3.8) is 0 Å². The van der Waals surface area contributed by atoms with Gasteiger partial charge in [0, 0.05) is 12.8 Å². The Labute approximate surface area is 323 Å². The molecular weight excluding hydrogens is 695 g/mol. The van der Waals surface area contributed by atoms with E-state index in [0.29, 0.717) is 12.8 Å². The summed E-state index contributed by atoms with van der Waals surface area (Å²) in [5.74, 6) is -0.925. The third-order valence-corrected chi connectivity index (χ3v) is 10.0. The molecule has 0 saturated carbocycles. The van der Waals surface area contributed by atoms with Crippen LogP contribution in [-0.4, -0.2) is 65.7 Å². The van der Waals surface area contributed by atoms with E-state index in [9.17, 15) is 24.2 Å². The fraction of sp³-hybridized carbons (Fsp3) is 0.857. The number of phosphoric ester groups is 1. The molecule has 1 unspecified atom stereocenters. The van der Waals surface area contributed by atoms with Crippen molar-refractivity contribution < 1.29 is 47.8 Å². The van der Waals surface area contributed by atoms with Crippen LogP contribution in [0.5, 0.6) is 0 Å². The second kappa shape index (κ2) is 38.7. The lowest BCUT2D eigenvalue weighted by Crippen LogP contribution is -2.29. The minimum absolute atomic E-state index is 0.183. The zero-order valence-corrected chi connectivity index (χ0v) is 34.6. The molecule has 53 heavy (non-hydrogen) atoms. The highest BCUT2D eigenvalue weighted by Crippen LogP contribution is 2.43. The van der Waals surface area contributed by atoms with E-state index in [2.05, 4.69) is 42.7 Å². The van der Waals surface area contributed by atoms with Gasteiger partial charge >= 0.3 is 19.8 Å². The average Bonchev–Trinajstić information content (AvgIpc) is 3.14. The Morgan fingerprint density at radius 1 is 0.547 bits per heavy atom. The minimum Gasteiger partial charge on any atom is -0.462 e. The fourth-order valence-corrected chi connectivity index (χ4v) is 6.51. The number of rotatable bonds is 40. The summed E-state index contributed by atoms with van der Waals surface area (Å²) < 4.78 is 32.7. The topological polar surface area (TPSA) is 149 Å². The van der Waals surface area contributed by atoms with E-state index >= 15 is 0 Å². The molecule has 0 radical (unpaired) electrons. The number of phosphoric acid groups is 1. The molecule has 3 N–H and O–H groups in total. The molecule has 0 bridgehead atoms. The van der Waals surface area contributed by atoms with E-state index in [4.69, 9.17) is 19.1 Å². The van der Waals surface area contributed by atoms with E-state index in [1.54, 1.807) is 0 Å². The van der Waals surface area contributed by atoms with Crippen LogP contribution in [0.3, 0.4) is 0 Å². The van der Waals surface area contributed by atoms with Crippen molar-refractivity contribution >= 4 is 19.8 Å². The first-order valence-corrected chi connectivity index (χ1v) is 22.8. The van der Waals surface area contributed by atoms with Gasteiger partial charge in [-0.25, -0.2) is 4.57 Å². The zero-order valence-electron chi connectivity index (χ0n) is 33.7. The number of unbranched alkanes of at least 4 members (excludes halogenated alkanes) is 22. The van der Waals surface area contributed by atoms with Gasteiger partial charge in [-0.05, 0) is 51.4 Å². The third-order valence-electron chi connectivity index (χ3n) is 9.08. The van der Waals surface area contributed by atoms with Crippen molar-refractivity contribution in [1.82, 2.24) is 0 Å². The molecule has 0 aromatic rings. The molecule has 10 nitrogen and oxygen atoms in total. The summed E-state index contributed by atoms with van der Waals surface area (Å²) >= 11 is 0. The third kappa shape index (κ3) is 38.5. The number of ether oxygens (including phenoxy) is 2. The van der Waals surface area contributed by atoms with Crippen LogP contribution in [-0.2, 0) is 32.7 Å². The number of aliphatic hydroxyl groups is 2. The van der Waals surface area contributed by atoms with Gasteiger partial charge in [-0.3, -0.25) is 18.6 Å². The van der Waals surface area contributed by atoms with E-state index < -0.39 is 51.8 Å². The molecule has 0 amide bonds. The molecule has 0 rings (SSSR count). The van der Waals surface area contributed by atoms with Crippen LogP contribution in [0, 0.1) is 0 Å². The average molecular weight is 775 g/mol. The molecule has 0 heterocycles. The summed E-state index contributed by atoms with van der Waals surface area (Å²) in [7, 11) is -4.61. The van der Waals surface area contributed by atoms with Crippen molar-refractivity contribution in [2.75, 3.05) is 26.4 Å². The second-order valence-corrected chi connectivity index (χ2v) is 15.8. The first-order valence-electron chi connectivity index (χ1n) is 21.3. The summed E-state index contributed by atoms with van der Waals surface area (Å²) in [5, 5.41) is 18.3. The van der Waals surface area contributed by atoms with Crippen LogP contribution in [0.15, 0.2) is 24.3 Å². The molecular formula is C42H79O10P. The SMILES string of the molecule is CCCC/C=C/CCCCCCCCCCCC(=O)OC[C@H](COP(=O)(O)OC[C@@H](O)CO)OC(=O)CCCCCCCCCCC/C=C/CCCC. The summed E-state index contributed by atoms with van der Waals surface area (Å²) in [6, 6.07) is 0. The van der Waals surface area contributed by atoms with Gasteiger partial charge in [0.05, 0.1) is 19.8 Å². The maximum absolute atomic E-state index is 12.6. The summed E-state index contributed by atoms with van der Waals surface area (Å²) in [6.07, 6.45) is 37.1. The monoisotopic (exact) mass is 775 g/mol. The van der Waals surface area contributed by atoms with Crippen molar-refractivity contribution in [2.45, 2.75) is 206 Å². The molecule has 0 saturated heterocycles. The van der Waals surface area contributed by atoms with Crippen molar-refractivity contribution in [1.29, 1.82) is 0 Å². The Morgan fingerprint density at radius 3 is 1.36 bits per heavy atom. The van der Waals surface area contributed by atoms with Gasteiger partial charge in [0.25, 0.3) is 0 Å². The quantitative estimate of drug-likeness (QED) is 0.0238. The molecule has 0 fully saturated rings. The molecule has 0 aromatic heterocycles. The highest BCUT2D eigenvalue weighted by Gasteiger charge is 2.27. The summed E-state index contributed by atoms with van der Waals surface area (Å²) in [5.41, 5.74) is 0. The fourth-order valence-electron chi connectivity index (χ4n) is 5.72. The second-order valence-electron chi connectivity index (χ2n) is 14.4. The number of carbonyl (C=O) groups excluding carboxylic acids is 2. The number of aliphatic hydroxyl groups excluding tert-OH is 2. The largest absolute Gasteiger partial charge is 0.472 e. The Balaban J connectivity index is 4.29. The first kappa shape index (κ1) is 51.5. The Morgan fingerprint density at radius 2 is 0.925 bits per heavy atom. The highest BCUT2D eigenvalue weighted by atomic mass is 31.2. The lowest BCUT2D eigenvalue weighted by molar-refractivity contribution is -0.161. The lowest BCUT2D eigenvalue weighted by atomic mass is 10.1. The van der Waals surface area contributed by atoms with Crippen LogP contribution in [0.1, 0.15) is 194 Å². The molecule has 0 aliphatic rings. The summed E-state index contributed by atoms with van der Waals surface area (Å²) in [4.78, 5) is 34.9. The van der Waals surface area contributed by atoms with Crippen LogP contribution in [0.25, 0.3) is 0 Å². The van der Waals surface area contributed by atoms with Crippen molar-refractivity contribution in [3.05, 3.63) is 24.3 Å². The smallest absolute Gasteiger partial charge is 0.462 e. The molecule has 0 spiro atoms. The van der Waals surface area contributed by atoms with Crippen LogP contribution >= 0.6 is 7.82 Å². The number of carbonyl (C=O) groups is 2. The molecule has 11 heteroatoms. The zero-order chi connectivity index (χ0) is 39.1. The Hall–Kier alpha value is -1.55. The number of hydrogen-bond donors (Lipinski definition) is 3. The van der Waals surface area contributed by atoms with Crippen LogP contribution in [0.4, 0.5) is 0 Å². The van der Waals surface area contributed by atoms with Crippen molar-refractivity contribution in [2.24, 2.45) is 0 Å². The number of esters is 2. The van der Waals surface area contributed by atoms with Gasteiger partial charge in [-0.1, -0.05) is 154 Å². The van der Waals surface area contributed by atoms with Gasteiger partial charge < -0.3 is 24.6 Å². The predicted molar refractivity (Wildman–Crippen MR) is 215 cm³/mol.